The van der Waals surface area contributed by atoms with E-state index in [9.17, 15) is 0 Å². The normalized spacial score (nSPS) is 7.77. The van der Waals surface area contributed by atoms with Gasteiger partial charge in [-0.05, 0) is 150 Å². The van der Waals surface area contributed by atoms with E-state index < -0.39 is 0 Å². The third-order valence-corrected chi connectivity index (χ3v) is 9.42. The van der Waals surface area contributed by atoms with Crippen molar-refractivity contribution in [3.8, 4) is 0 Å². The van der Waals surface area contributed by atoms with E-state index in [1.54, 1.807) is 0 Å². The van der Waals surface area contributed by atoms with Gasteiger partial charge in [0.05, 0.1) is 0 Å². The molecule has 6 aromatic rings. The van der Waals surface area contributed by atoms with Gasteiger partial charge in [-0.2, -0.15) is 0 Å². The molecule has 6 rings (SSSR count). The van der Waals surface area contributed by atoms with Gasteiger partial charge >= 0.3 is 21.1 Å². The zero-order valence-corrected chi connectivity index (χ0v) is 47.2. The fraction of sp³-hybridized carbons (Fsp3) is 0.367. The molecule has 0 saturated heterocycles. The Balaban J connectivity index is -0.0000000893. The van der Waals surface area contributed by atoms with Crippen LogP contribution in [0.25, 0.3) is 0 Å². The van der Waals surface area contributed by atoms with Gasteiger partial charge in [-0.25, -0.2) is 0 Å². The fourth-order valence-corrected chi connectivity index (χ4v) is 4.91. The van der Waals surface area contributed by atoms with Crippen LogP contribution in [0.15, 0.2) is 146 Å². The zero-order valence-electron chi connectivity index (χ0n) is 44.3. The minimum atomic E-state index is 0. The third-order valence-electron chi connectivity index (χ3n) is 9.42. The Bertz CT molecular complexity index is 1180. The van der Waals surface area contributed by atoms with Gasteiger partial charge < -0.3 is 14.9 Å². The Kier molecular flexibility index (Phi) is 65.9. The number of hydrogen-bond donors (Lipinski definition) is 0. The molecule has 0 unspecified atom stereocenters. The summed E-state index contributed by atoms with van der Waals surface area (Å²) in [4.78, 5) is 0. The Morgan fingerprint density at radius 1 is 0.148 bits per heavy atom. The summed E-state index contributed by atoms with van der Waals surface area (Å²) in [5, 5.41) is 0. The second-order valence-electron chi connectivity index (χ2n) is 12.1. The van der Waals surface area contributed by atoms with Gasteiger partial charge in [-0.15, -0.1) is 0 Å². The van der Waals surface area contributed by atoms with Crippen molar-refractivity contribution in [2.24, 2.45) is 0 Å². The smallest absolute Gasteiger partial charge is 0.358 e. The molecule has 0 spiro atoms. The average molecular weight is 1000 g/mol. The Labute approximate surface area is 398 Å². The summed E-state index contributed by atoms with van der Waals surface area (Å²) in [6.07, 6.45) is 0. The van der Waals surface area contributed by atoms with E-state index in [4.69, 9.17) is 0 Å². The SMILES string of the molecule is CC.CC.CC.CC.CC.Cc1c(C)c(C)c(C)c(C)c1C.Cc1c(C)c(C)c(C)c(C)c1C.[CH3-].[CH3-].[W+2].c1ccccc1.c1ccccc1.c1ccccc1.c1ccccc1. The van der Waals surface area contributed by atoms with Gasteiger partial charge in [-0.1, -0.05) is 215 Å². The van der Waals surface area contributed by atoms with E-state index >= 15 is 0 Å². The Morgan fingerprint density at radius 3 is 0.213 bits per heavy atom. The molecule has 1 heteroatoms. The van der Waals surface area contributed by atoms with E-state index in [0.717, 1.165) is 0 Å². The average Bonchev–Trinajstić information content (AvgIpc) is 3.34. The van der Waals surface area contributed by atoms with E-state index in [1.165, 1.54) is 66.8 Å². The summed E-state index contributed by atoms with van der Waals surface area (Å²) in [6, 6.07) is 48.0. The molecular formula is C60H96W. The molecule has 0 radical (unpaired) electrons. The van der Waals surface area contributed by atoms with Crippen molar-refractivity contribution in [3.05, 3.63) is 227 Å². The maximum Gasteiger partial charge on any atom is 2.00 e. The van der Waals surface area contributed by atoms with Gasteiger partial charge in [0.2, 0.25) is 0 Å². The molecule has 0 amide bonds. The van der Waals surface area contributed by atoms with Crippen LogP contribution in [-0.4, -0.2) is 0 Å². The summed E-state index contributed by atoms with van der Waals surface area (Å²) in [5.41, 5.74) is 17.5. The van der Waals surface area contributed by atoms with Gasteiger partial charge in [-0.3, -0.25) is 0 Å². The van der Waals surface area contributed by atoms with E-state index in [-0.39, 0.29) is 35.9 Å². The predicted octanol–water partition coefficient (Wildman–Crippen LogP) is 19.8. The maximum atomic E-state index is 2.21. The second kappa shape index (κ2) is 54.0. The minimum Gasteiger partial charge on any atom is -0.358 e. The van der Waals surface area contributed by atoms with Gasteiger partial charge in [0.1, 0.15) is 0 Å². The van der Waals surface area contributed by atoms with E-state index in [2.05, 4.69) is 83.1 Å². The first-order valence-corrected chi connectivity index (χ1v) is 22.0. The monoisotopic (exact) mass is 1000 g/mol. The standard InChI is InChI=1S/2C12H18.4C6H6.5C2H6.2CH3.W/c2*1-7-8(2)10(4)12(6)11(5)9(7)3;4*1-2-4-6-5-3-1;5*1-2;;;/h2*1-6H3;4*1-6H;5*1-2H3;2*1H3;/q;;;;;;;;;;;2*-1;+2. The molecule has 0 aliphatic carbocycles. The van der Waals surface area contributed by atoms with Crippen molar-refractivity contribution in [2.45, 2.75) is 152 Å². The molecule has 0 saturated carbocycles. The van der Waals surface area contributed by atoms with Crippen molar-refractivity contribution in [1.82, 2.24) is 0 Å². The van der Waals surface area contributed by atoms with Crippen LogP contribution in [0.2, 0.25) is 0 Å². The summed E-state index contributed by atoms with van der Waals surface area (Å²) < 4.78 is 0. The molecule has 0 bridgehead atoms. The topological polar surface area (TPSA) is 0 Å². The Morgan fingerprint density at radius 2 is 0.180 bits per heavy atom. The summed E-state index contributed by atoms with van der Waals surface area (Å²) in [5.74, 6) is 0. The third kappa shape index (κ3) is 35.3. The molecule has 6 aromatic carbocycles. The maximum absolute atomic E-state index is 2.21. The van der Waals surface area contributed by atoms with Crippen molar-refractivity contribution in [1.29, 1.82) is 0 Å². The summed E-state index contributed by atoms with van der Waals surface area (Å²) >= 11 is 0. The molecular weight excluding hydrogens is 904 g/mol. The van der Waals surface area contributed by atoms with Gasteiger partial charge in [0.15, 0.2) is 0 Å². The molecule has 0 aromatic heterocycles. The van der Waals surface area contributed by atoms with Crippen molar-refractivity contribution < 1.29 is 21.1 Å². The molecule has 0 aliphatic rings. The van der Waals surface area contributed by atoms with Crippen LogP contribution in [0.5, 0.6) is 0 Å². The molecule has 0 fully saturated rings. The van der Waals surface area contributed by atoms with Crippen LogP contribution in [0, 0.1) is 97.9 Å². The first kappa shape index (κ1) is 74.5. The molecule has 61 heavy (non-hydrogen) atoms. The predicted molar refractivity (Wildman–Crippen MR) is 285 cm³/mol. The number of hydrogen-bond acceptors (Lipinski definition) is 0. The molecule has 342 valence electrons. The van der Waals surface area contributed by atoms with Crippen LogP contribution in [0.3, 0.4) is 0 Å². The zero-order chi connectivity index (χ0) is 45.9. The molecule has 0 N–H and O–H groups in total. The molecule has 0 nitrogen and oxygen atoms in total. The van der Waals surface area contributed by atoms with Crippen LogP contribution < -0.4 is 0 Å². The first-order chi connectivity index (χ1) is 27.9. The summed E-state index contributed by atoms with van der Waals surface area (Å²) in [7, 11) is 0. The van der Waals surface area contributed by atoms with Crippen molar-refractivity contribution in [2.75, 3.05) is 0 Å². The Hall–Kier alpha value is -3.99. The first-order valence-electron chi connectivity index (χ1n) is 22.0. The largest absolute Gasteiger partial charge is 2.00 e. The van der Waals surface area contributed by atoms with Crippen LogP contribution in [-0.2, 0) is 21.1 Å². The van der Waals surface area contributed by atoms with Crippen LogP contribution >= 0.6 is 0 Å². The van der Waals surface area contributed by atoms with Gasteiger partial charge in [0, 0.05) is 0 Å². The number of rotatable bonds is 0. The van der Waals surface area contributed by atoms with E-state index in [1.807, 2.05) is 215 Å². The van der Waals surface area contributed by atoms with Crippen LogP contribution in [0.1, 0.15) is 136 Å². The molecule has 0 heterocycles. The quantitative estimate of drug-likeness (QED) is 0.133. The number of benzene rings is 6. The van der Waals surface area contributed by atoms with Crippen LogP contribution in [0.4, 0.5) is 0 Å². The molecule has 0 atom stereocenters. The second-order valence-corrected chi connectivity index (χ2v) is 12.1. The fourth-order valence-electron chi connectivity index (χ4n) is 4.91. The molecule has 0 aliphatic heterocycles. The van der Waals surface area contributed by atoms with Crippen molar-refractivity contribution in [3.63, 3.8) is 0 Å². The summed E-state index contributed by atoms with van der Waals surface area (Å²) in [6.45, 7) is 46.5. The minimum absolute atomic E-state index is 0. The van der Waals surface area contributed by atoms with E-state index in [0.29, 0.717) is 0 Å². The van der Waals surface area contributed by atoms with Gasteiger partial charge in [0.25, 0.3) is 0 Å². The van der Waals surface area contributed by atoms with Crippen molar-refractivity contribution >= 4 is 0 Å².